The van der Waals surface area contributed by atoms with Crippen LogP contribution in [0.25, 0.3) is 22.0 Å². The van der Waals surface area contributed by atoms with Crippen LogP contribution in [0.4, 0.5) is 0 Å². The van der Waals surface area contributed by atoms with Crippen LogP contribution in [0.2, 0.25) is 0 Å². The van der Waals surface area contributed by atoms with E-state index in [0.29, 0.717) is 30.1 Å². The highest BCUT2D eigenvalue weighted by atomic mass is 16.5. The first kappa shape index (κ1) is 16.6. The molecule has 7 heteroatoms. The third-order valence-corrected chi connectivity index (χ3v) is 4.93. The number of oxazole rings is 1. The summed E-state index contributed by atoms with van der Waals surface area (Å²) in [6.07, 6.45) is -0.101. The Labute approximate surface area is 159 Å². The van der Waals surface area contributed by atoms with E-state index in [1.165, 1.54) is 4.57 Å². The Kier molecular flexibility index (Phi) is 3.86. The number of carbonyl (C=O) groups excluding carboxylic acids is 1. The molecule has 140 valence electrons. The first-order valence-corrected chi connectivity index (χ1v) is 9.06. The minimum Gasteiger partial charge on any atom is -0.471 e. The van der Waals surface area contributed by atoms with E-state index in [1.807, 2.05) is 42.5 Å². The van der Waals surface area contributed by atoms with Gasteiger partial charge in [0, 0.05) is 11.5 Å². The molecule has 0 bridgehead atoms. The van der Waals surface area contributed by atoms with Gasteiger partial charge in [0.1, 0.15) is 12.6 Å². The average Bonchev–Trinajstić information content (AvgIpc) is 2.99. The molecule has 0 radical (unpaired) electrons. The lowest BCUT2D eigenvalue weighted by atomic mass is 10.1. The van der Waals surface area contributed by atoms with Crippen molar-refractivity contribution in [3.05, 3.63) is 71.2 Å². The summed E-state index contributed by atoms with van der Waals surface area (Å²) in [7, 11) is 0. The number of rotatable bonds is 4. The Bertz CT molecular complexity index is 1240. The van der Waals surface area contributed by atoms with Crippen LogP contribution in [-0.4, -0.2) is 39.6 Å². The van der Waals surface area contributed by atoms with Crippen molar-refractivity contribution >= 4 is 27.9 Å². The van der Waals surface area contributed by atoms with Crippen LogP contribution in [0.5, 0.6) is 5.88 Å². The molecule has 0 spiro atoms. The molecule has 0 saturated carbocycles. The zero-order valence-electron chi connectivity index (χ0n) is 14.9. The summed E-state index contributed by atoms with van der Waals surface area (Å²) in [5, 5.41) is 1.05. The zero-order valence-corrected chi connectivity index (χ0v) is 14.9. The third-order valence-electron chi connectivity index (χ3n) is 4.93. The van der Waals surface area contributed by atoms with E-state index in [4.69, 9.17) is 9.15 Å². The van der Waals surface area contributed by atoms with Crippen molar-refractivity contribution in [1.82, 2.24) is 14.5 Å². The van der Waals surface area contributed by atoms with Gasteiger partial charge in [-0.05, 0) is 24.3 Å². The predicted octanol–water partition coefficient (Wildman–Crippen LogP) is 2.43. The molecule has 2 aromatic carbocycles. The van der Waals surface area contributed by atoms with E-state index in [0.717, 1.165) is 10.9 Å². The fourth-order valence-electron chi connectivity index (χ4n) is 3.40. The molecule has 1 aliphatic rings. The largest absolute Gasteiger partial charge is 0.471 e. The minimum absolute atomic E-state index is 0.0448. The highest BCUT2D eigenvalue weighted by molar-refractivity contribution is 5.80. The van der Waals surface area contributed by atoms with E-state index >= 15 is 0 Å². The van der Waals surface area contributed by atoms with Crippen molar-refractivity contribution in [3.8, 4) is 5.88 Å². The molecular formula is C21H17N3O4. The van der Waals surface area contributed by atoms with Crippen molar-refractivity contribution in [2.45, 2.75) is 12.6 Å². The van der Waals surface area contributed by atoms with E-state index in [1.54, 1.807) is 23.1 Å². The van der Waals surface area contributed by atoms with Gasteiger partial charge < -0.3 is 14.1 Å². The molecule has 0 aliphatic carbocycles. The molecule has 1 amide bonds. The summed E-state index contributed by atoms with van der Waals surface area (Å²) in [6, 6.07) is 18.7. The quantitative estimate of drug-likeness (QED) is 0.547. The number of nitrogens with zero attached hydrogens (tertiary/aromatic N) is 3. The van der Waals surface area contributed by atoms with E-state index in [9.17, 15) is 9.59 Å². The van der Waals surface area contributed by atoms with Gasteiger partial charge in [-0.15, -0.1) is 0 Å². The van der Waals surface area contributed by atoms with Crippen molar-refractivity contribution < 1.29 is 13.9 Å². The van der Waals surface area contributed by atoms with Gasteiger partial charge in [-0.3, -0.25) is 9.36 Å². The Hall–Kier alpha value is -3.61. The summed E-state index contributed by atoms with van der Waals surface area (Å²) in [5.74, 6) is -0.115. The number of hydrogen-bond donors (Lipinski definition) is 0. The maximum atomic E-state index is 12.5. The number of carbonyl (C=O) groups is 1. The number of amides is 1. The lowest BCUT2D eigenvalue weighted by Crippen LogP contribution is -2.57. The minimum atomic E-state index is -0.525. The molecule has 1 aliphatic heterocycles. The Morgan fingerprint density at radius 1 is 1.07 bits per heavy atom. The van der Waals surface area contributed by atoms with Gasteiger partial charge in [-0.2, -0.15) is 0 Å². The smallest absolute Gasteiger partial charge is 0.420 e. The maximum Gasteiger partial charge on any atom is 0.420 e. The second-order valence-corrected chi connectivity index (χ2v) is 6.80. The van der Waals surface area contributed by atoms with E-state index < -0.39 is 5.76 Å². The summed E-state index contributed by atoms with van der Waals surface area (Å²) >= 11 is 0. The normalized spacial score (nSPS) is 14.4. The predicted molar refractivity (Wildman–Crippen MR) is 103 cm³/mol. The van der Waals surface area contributed by atoms with Crippen LogP contribution in [-0.2, 0) is 11.3 Å². The summed E-state index contributed by atoms with van der Waals surface area (Å²) in [4.78, 5) is 30.7. The van der Waals surface area contributed by atoms with Crippen LogP contribution in [0.15, 0.2) is 69.9 Å². The lowest BCUT2D eigenvalue weighted by Gasteiger charge is -2.38. The van der Waals surface area contributed by atoms with Crippen molar-refractivity contribution in [2.75, 3.05) is 13.1 Å². The average molecular weight is 375 g/mol. The van der Waals surface area contributed by atoms with Crippen molar-refractivity contribution in [2.24, 2.45) is 0 Å². The molecule has 7 nitrogen and oxygen atoms in total. The molecule has 2 aromatic heterocycles. The number of benzene rings is 2. The summed E-state index contributed by atoms with van der Waals surface area (Å²) in [5.41, 5.74) is 1.97. The summed E-state index contributed by atoms with van der Waals surface area (Å²) < 4.78 is 12.4. The molecule has 5 rings (SSSR count). The number of hydrogen-bond acceptors (Lipinski definition) is 5. The van der Waals surface area contributed by atoms with Gasteiger partial charge in [-0.25, -0.2) is 9.78 Å². The first-order chi connectivity index (χ1) is 13.7. The lowest BCUT2D eigenvalue weighted by molar-refractivity contribution is -0.140. The SMILES string of the molecule is O=C(Cn1c(=O)oc2ccccc21)N1CC(Oc2ccc3ccccc3n2)C1. The number of para-hydroxylation sites is 3. The molecule has 3 heterocycles. The number of ether oxygens (including phenoxy) is 1. The van der Waals surface area contributed by atoms with Crippen LogP contribution < -0.4 is 10.5 Å². The molecule has 1 fully saturated rings. The van der Waals surface area contributed by atoms with Crippen LogP contribution >= 0.6 is 0 Å². The van der Waals surface area contributed by atoms with E-state index in [2.05, 4.69) is 4.98 Å². The molecule has 0 unspecified atom stereocenters. The van der Waals surface area contributed by atoms with Gasteiger partial charge >= 0.3 is 5.76 Å². The third kappa shape index (κ3) is 2.90. The topological polar surface area (TPSA) is 77.6 Å². The maximum absolute atomic E-state index is 12.5. The highest BCUT2D eigenvalue weighted by Gasteiger charge is 2.33. The van der Waals surface area contributed by atoms with E-state index in [-0.39, 0.29) is 18.6 Å². The second-order valence-electron chi connectivity index (χ2n) is 6.80. The molecule has 28 heavy (non-hydrogen) atoms. The monoisotopic (exact) mass is 375 g/mol. The second kappa shape index (κ2) is 6.53. The van der Waals surface area contributed by atoms with Gasteiger partial charge in [0.25, 0.3) is 0 Å². The van der Waals surface area contributed by atoms with Gasteiger partial charge in [0.15, 0.2) is 5.58 Å². The Morgan fingerprint density at radius 2 is 1.86 bits per heavy atom. The van der Waals surface area contributed by atoms with Gasteiger partial charge in [0.2, 0.25) is 11.8 Å². The Morgan fingerprint density at radius 3 is 2.75 bits per heavy atom. The molecule has 4 aromatic rings. The molecule has 0 atom stereocenters. The number of fused-ring (bicyclic) bond motifs is 2. The molecule has 0 N–H and O–H groups in total. The van der Waals surface area contributed by atoms with Crippen LogP contribution in [0.3, 0.4) is 0 Å². The van der Waals surface area contributed by atoms with Crippen LogP contribution in [0, 0.1) is 0 Å². The highest BCUT2D eigenvalue weighted by Crippen LogP contribution is 2.20. The molecule has 1 saturated heterocycles. The number of likely N-dealkylation sites (tertiary alicyclic amines) is 1. The fourth-order valence-corrected chi connectivity index (χ4v) is 3.40. The van der Waals surface area contributed by atoms with Crippen molar-refractivity contribution in [3.63, 3.8) is 0 Å². The molecular weight excluding hydrogens is 358 g/mol. The van der Waals surface area contributed by atoms with Crippen LogP contribution in [0.1, 0.15) is 0 Å². The van der Waals surface area contributed by atoms with Gasteiger partial charge in [0.05, 0.1) is 24.1 Å². The zero-order chi connectivity index (χ0) is 19.1. The fraction of sp³-hybridized carbons (Fsp3) is 0.190. The number of pyridine rings is 1. The number of aromatic nitrogens is 2. The standard InChI is InChI=1S/C21H17N3O4/c25-20(13-24-17-7-3-4-8-18(17)28-21(24)26)23-11-15(12-23)27-19-10-9-14-5-1-2-6-16(14)22-19/h1-10,15H,11-13H2. The van der Waals surface area contributed by atoms with Crippen molar-refractivity contribution in [1.29, 1.82) is 0 Å². The summed E-state index contributed by atoms with van der Waals surface area (Å²) in [6.45, 7) is 0.895. The Balaban J connectivity index is 1.23. The first-order valence-electron chi connectivity index (χ1n) is 9.06. The van der Waals surface area contributed by atoms with Gasteiger partial charge in [-0.1, -0.05) is 30.3 Å².